The number of carbonyl (C=O) groups excluding carboxylic acids is 2. The van der Waals surface area contributed by atoms with Crippen molar-refractivity contribution in [1.29, 1.82) is 0 Å². The molecule has 1 aromatic rings. The van der Waals surface area contributed by atoms with Crippen molar-refractivity contribution in [2.45, 2.75) is 20.3 Å². The molecule has 0 fully saturated rings. The van der Waals surface area contributed by atoms with Gasteiger partial charge in [0, 0.05) is 5.56 Å². The second-order valence-electron chi connectivity index (χ2n) is 2.73. The fraction of sp³-hybridized carbons (Fsp3) is 0.333. The van der Waals surface area contributed by atoms with E-state index in [0.29, 0.717) is 17.5 Å². The summed E-state index contributed by atoms with van der Waals surface area (Å²) in [5.41, 5.74) is 1.88. The molecule has 4 heteroatoms. The Kier molecular flexibility index (Phi) is 3.24. The molecule has 0 unspecified atom stereocenters. The normalized spacial score (nSPS) is 10.1. The van der Waals surface area contributed by atoms with Crippen LogP contribution in [0.1, 0.15) is 40.3 Å². The highest BCUT2D eigenvalue weighted by atomic mass is 127. The zero-order chi connectivity index (χ0) is 10.0. The number of aromatic nitrogens is 1. The standard InChI is InChI=1S/C9H10INO2/c1-3-6-8(5(2)13)7(4-12)11-9(6)10/h4,11H,3H2,1-2H3. The molecule has 0 saturated heterocycles. The lowest BCUT2D eigenvalue weighted by Gasteiger charge is -1.96. The van der Waals surface area contributed by atoms with Crippen molar-refractivity contribution in [3.05, 3.63) is 20.5 Å². The fourth-order valence-electron chi connectivity index (χ4n) is 1.35. The van der Waals surface area contributed by atoms with Gasteiger partial charge < -0.3 is 4.98 Å². The summed E-state index contributed by atoms with van der Waals surface area (Å²) in [7, 11) is 0. The van der Waals surface area contributed by atoms with E-state index < -0.39 is 0 Å². The number of carbonyl (C=O) groups is 2. The summed E-state index contributed by atoms with van der Waals surface area (Å²) in [6.45, 7) is 3.44. The maximum Gasteiger partial charge on any atom is 0.167 e. The van der Waals surface area contributed by atoms with Gasteiger partial charge in [0.1, 0.15) is 0 Å². The summed E-state index contributed by atoms with van der Waals surface area (Å²) in [4.78, 5) is 24.8. The number of rotatable bonds is 3. The van der Waals surface area contributed by atoms with Crippen molar-refractivity contribution in [3.8, 4) is 0 Å². The molecule has 3 nitrogen and oxygen atoms in total. The number of aromatic amines is 1. The first-order valence-electron chi connectivity index (χ1n) is 3.98. The van der Waals surface area contributed by atoms with Crippen LogP contribution in [0.4, 0.5) is 0 Å². The van der Waals surface area contributed by atoms with Gasteiger partial charge in [-0.2, -0.15) is 0 Å². The molecule has 1 aromatic heterocycles. The summed E-state index contributed by atoms with van der Waals surface area (Å²) in [5, 5.41) is 0. The van der Waals surface area contributed by atoms with E-state index in [1.807, 2.05) is 6.92 Å². The quantitative estimate of drug-likeness (QED) is 0.527. The minimum absolute atomic E-state index is 0.0573. The van der Waals surface area contributed by atoms with Crippen LogP contribution in [0.5, 0.6) is 0 Å². The average molecular weight is 291 g/mol. The molecule has 13 heavy (non-hydrogen) atoms. The lowest BCUT2D eigenvalue weighted by molar-refractivity contribution is 0.100. The highest BCUT2D eigenvalue weighted by Gasteiger charge is 2.17. The molecule has 0 radical (unpaired) electrons. The fourth-order valence-corrected chi connectivity index (χ4v) is 2.29. The predicted octanol–water partition coefficient (Wildman–Crippen LogP) is 2.20. The Morgan fingerprint density at radius 2 is 2.23 bits per heavy atom. The summed E-state index contributed by atoms with van der Waals surface area (Å²) in [6.07, 6.45) is 1.45. The van der Waals surface area contributed by atoms with Gasteiger partial charge in [-0.25, -0.2) is 0 Å². The third-order valence-electron chi connectivity index (χ3n) is 1.90. The van der Waals surface area contributed by atoms with E-state index in [1.165, 1.54) is 6.92 Å². The average Bonchev–Trinajstić information content (AvgIpc) is 2.41. The van der Waals surface area contributed by atoms with Crippen molar-refractivity contribution in [3.63, 3.8) is 0 Å². The second-order valence-corrected chi connectivity index (χ2v) is 3.81. The van der Waals surface area contributed by atoms with E-state index in [9.17, 15) is 9.59 Å². The van der Waals surface area contributed by atoms with Crippen molar-refractivity contribution < 1.29 is 9.59 Å². The van der Waals surface area contributed by atoms with Gasteiger partial charge in [0.15, 0.2) is 12.1 Å². The van der Waals surface area contributed by atoms with E-state index in [4.69, 9.17) is 0 Å². The van der Waals surface area contributed by atoms with Crippen molar-refractivity contribution in [2.24, 2.45) is 0 Å². The lowest BCUT2D eigenvalue weighted by atomic mass is 10.1. The van der Waals surface area contributed by atoms with Crippen LogP contribution in [0.25, 0.3) is 0 Å². The summed E-state index contributed by atoms with van der Waals surface area (Å²) >= 11 is 2.10. The number of aldehydes is 1. The van der Waals surface area contributed by atoms with Crippen LogP contribution < -0.4 is 0 Å². The molecule has 1 rings (SSSR count). The van der Waals surface area contributed by atoms with Gasteiger partial charge in [0.25, 0.3) is 0 Å². The highest BCUT2D eigenvalue weighted by Crippen LogP contribution is 2.20. The van der Waals surface area contributed by atoms with E-state index >= 15 is 0 Å². The Balaban J connectivity index is 3.40. The zero-order valence-corrected chi connectivity index (χ0v) is 9.64. The number of Topliss-reactive ketones (excluding diaryl/α,β-unsaturated/α-hetero) is 1. The SMILES string of the molecule is CCc1c(I)[nH]c(C=O)c1C(C)=O. The summed E-state index contributed by atoms with van der Waals surface area (Å²) in [6, 6.07) is 0. The molecule has 0 aliphatic rings. The Hall–Kier alpha value is -0.650. The third-order valence-corrected chi connectivity index (χ3v) is 2.82. The van der Waals surface area contributed by atoms with Crippen molar-refractivity contribution in [2.75, 3.05) is 0 Å². The number of halogens is 1. The second kappa shape index (κ2) is 4.04. The molecule has 0 bridgehead atoms. The van der Waals surface area contributed by atoms with Crippen LogP contribution in [-0.4, -0.2) is 17.1 Å². The number of H-pyrrole nitrogens is 1. The Labute approximate surface area is 90.1 Å². The molecule has 1 N–H and O–H groups in total. The third kappa shape index (κ3) is 1.82. The maximum absolute atomic E-state index is 11.2. The van der Waals surface area contributed by atoms with Crippen LogP contribution in [0.2, 0.25) is 0 Å². The van der Waals surface area contributed by atoms with Gasteiger partial charge in [0.2, 0.25) is 0 Å². The molecule has 0 atom stereocenters. The molecule has 0 aliphatic carbocycles. The first kappa shape index (κ1) is 10.4. The Bertz CT molecular complexity index is 355. The van der Waals surface area contributed by atoms with E-state index in [-0.39, 0.29) is 5.78 Å². The van der Waals surface area contributed by atoms with Gasteiger partial charge in [-0.3, -0.25) is 9.59 Å². The van der Waals surface area contributed by atoms with Crippen molar-refractivity contribution in [1.82, 2.24) is 4.98 Å². The molecular formula is C9H10INO2. The minimum Gasteiger partial charge on any atom is -0.347 e. The predicted molar refractivity (Wildman–Crippen MR) is 58.3 cm³/mol. The molecule has 0 amide bonds. The minimum atomic E-state index is -0.0573. The molecule has 0 spiro atoms. The van der Waals surface area contributed by atoms with E-state index in [0.717, 1.165) is 15.7 Å². The van der Waals surface area contributed by atoms with Crippen molar-refractivity contribution >= 4 is 34.7 Å². The Morgan fingerprint density at radius 3 is 2.62 bits per heavy atom. The largest absolute Gasteiger partial charge is 0.347 e. The van der Waals surface area contributed by atoms with E-state index in [1.54, 1.807) is 0 Å². The lowest BCUT2D eigenvalue weighted by Crippen LogP contribution is -1.99. The number of nitrogens with one attached hydrogen (secondary N) is 1. The Morgan fingerprint density at radius 1 is 1.62 bits per heavy atom. The summed E-state index contributed by atoms with van der Waals surface area (Å²) < 4.78 is 0.882. The molecule has 0 saturated carbocycles. The number of hydrogen-bond acceptors (Lipinski definition) is 2. The highest BCUT2D eigenvalue weighted by molar-refractivity contribution is 14.1. The van der Waals surface area contributed by atoms with Crippen LogP contribution >= 0.6 is 22.6 Å². The first-order chi connectivity index (χ1) is 6.11. The number of ketones is 1. The zero-order valence-electron chi connectivity index (χ0n) is 7.48. The molecule has 1 heterocycles. The summed E-state index contributed by atoms with van der Waals surface area (Å²) in [5.74, 6) is -0.0573. The van der Waals surface area contributed by atoms with Crippen LogP contribution in [0.15, 0.2) is 0 Å². The first-order valence-corrected chi connectivity index (χ1v) is 5.06. The molecule has 0 aliphatic heterocycles. The maximum atomic E-state index is 11.2. The van der Waals surface area contributed by atoms with E-state index in [2.05, 4.69) is 27.6 Å². The monoisotopic (exact) mass is 291 g/mol. The smallest absolute Gasteiger partial charge is 0.167 e. The van der Waals surface area contributed by atoms with Gasteiger partial charge in [-0.15, -0.1) is 0 Å². The van der Waals surface area contributed by atoms with Gasteiger partial charge in [0.05, 0.1) is 9.39 Å². The van der Waals surface area contributed by atoms with Crippen LogP contribution in [-0.2, 0) is 6.42 Å². The molecular weight excluding hydrogens is 281 g/mol. The number of hydrogen-bond donors (Lipinski definition) is 1. The van der Waals surface area contributed by atoms with Crippen LogP contribution in [0, 0.1) is 3.70 Å². The molecule has 0 aromatic carbocycles. The van der Waals surface area contributed by atoms with Gasteiger partial charge >= 0.3 is 0 Å². The van der Waals surface area contributed by atoms with Gasteiger partial charge in [-0.05, 0) is 41.5 Å². The topological polar surface area (TPSA) is 49.9 Å². The van der Waals surface area contributed by atoms with Crippen LogP contribution in [0.3, 0.4) is 0 Å². The van der Waals surface area contributed by atoms with Gasteiger partial charge in [-0.1, -0.05) is 6.92 Å². The molecule has 70 valence electrons.